The van der Waals surface area contributed by atoms with E-state index in [0.717, 1.165) is 10.6 Å². The van der Waals surface area contributed by atoms with Crippen molar-refractivity contribution in [2.24, 2.45) is 0 Å². The number of aromatic nitrogens is 2. The molecule has 2 aromatic rings. The summed E-state index contributed by atoms with van der Waals surface area (Å²) in [7, 11) is 0. The highest BCUT2D eigenvalue weighted by Gasteiger charge is 2.02. The second-order valence-electron chi connectivity index (χ2n) is 1.97. The van der Waals surface area contributed by atoms with Crippen molar-refractivity contribution in [3.05, 3.63) is 16.8 Å². The maximum absolute atomic E-state index is 5.38. The SMILES string of the molecule is Nc1nsc(-c2ccsc2)n1. The molecule has 0 spiro atoms. The summed E-state index contributed by atoms with van der Waals surface area (Å²) in [4.78, 5) is 4.04. The predicted molar refractivity (Wildman–Crippen MR) is 47.6 cm³/mol. The summed E-state index contributed by atoms with van der Waals surface area (Å²) < 4.78 is 3.89. The van der Waals surface area contributed by atoms with Gasteiger partial charge in [-0.05, 0) is 23.0 Å². The van der Waals surface area contributed by atoms with E-state index in [9.17, 15) is 0 Å². The van der Waals surface area contributed by atoms with Crippen LogP contribution in [0.1, 0.15) is 0 Å². The van der Waals surface area contributed by atoms with Crippen molar-refractivity contribution in [3.63, 3.8) is 0 Å². The summed E-state index contributed by atoms with van der Waals surface area (Å²) in [5.41, 5.74) is 6.48. The minimum Gasteiger partial charge on any atom is -0.367 e. The molecule has 0 aliphatic carbocycles. The smallest absolute Gasteiger partial charge is 0.232 e. The molecule has 0 bridgehead atoms. The first kappa shape index (κ1) is 6.75. The highest BCUT2D eigenvalue weighted by molar-refractivity contribution is 7.11. The zero-order valence-corrected chi connectivity index (χ0v) is 7.15. The minimum atomic E-state index is 0.358. The fourth-order valence-electron chi connectivity index (χ4n) is 0.738. The first-order chi connectivity index (χ1) is 5.36. The molecule has 0 radical (unpaired) electrons. The van der Waals surface area contributed by atoms with Gasteiger partial charge < -0.3 is 5.73 Å². The van der Waals surface area contributed by atoms with Crippen LogP contribution in [-0.4, -0.2) is 9.36 Å². The molecule has 0 fully saturated rings. The van der Waals surface area contributed by atoms with Gasteiger partial charge in [0.1, 0.15) is 5.01 Å². The van der Waals surface area contributed by atoms with Crippen molar-refractivity contribution in [1.29, 1.82) is 0 Å². The lowest BCUT2D eigenvalue weighted by molar-refractivity contribution is 1.34. The average Bonchev–Trinajstić information content (AvgIpc) is 2.55. The van der Waals surface area contributed by atoms with Gasteiger partial charge in [0.05, 0.1) is 0 Å². The van der Waals surface area contributed by atoms with Gasteiger partial charge in [-0.25, -0.2) is 0 Å². The molecule has 2 aromatic heterocycles. The van der Waals surface area contributed by atoms with Crippen molar-refractivity contribution in [3.8, 4) is 10.6 Å². The van der Waals surface area contributed by atoms with Gasteiger partial charge in [-0.2, -0.15) is 20.7 Å². The molecule has 0 atom stereocenters. The molecule has 56 valence electrons. The molecule has 0 aliphatic rings. The van der Waals surface area contributed by atoms with Crippen LogP contribution in [0.15, 0.2) is 16.8 Å². The summed E-state index contributed by atoms with van der Waals surface area (Å²) in [5, 5.41) is 4.93. The quantitative estimate of drug-likeness (QED) is 0.734. The third-order valence-corrected chi connectivity index (χ3v) is 2.67. The Morgan fingerprint density at radius 2 is 2.36 bits per heavy atom. The highest BCUT2D eigenvalue weighted by Crippen LogP contribution is 2.23. The van der Waals surface area contributed by atoms with Gasteiger partial charge in [-0.3, -0.25) is 0 Å². The highest BCUT2D eigenvalue weighted by atomic mass is 32.1. The zero-order valence-electron chi connectivity index (χ0n) is 5.52. The fraction of sp³-hybridized carbons (Fsp3) is 0. The lowest BCUT2D eigenvalue weighted by Crippen LogP contribution is -1.84. The van der Waals surface area contributed by atoms with Crippen LogP contribution in [0.2, 0.25) is 0 Å². The van der Waals surface area contributed by atoms with Crippen molar-refractivity contribution in [2.45, 2.75) is 0 Å². The molecule has 0 unspecified atom stereocenters. The van der Waals surface area contributed by atoms with Crippen molar-refractivity contribution in [2.75, 3.05) is 5.73 Å². The van der Waals surface area contributed by atoms with Crippen molar-refractivity contribution >= 4 is 28.8 Å². The molecule has 0 aromatic carbocycles. The monoisotopic (exact) mass is 183 g/mol. The minimum absolute atomic E-state index is 0.358. The van der Waals surface area contributed by atoms with Gasteiger partial charge in [-0.1, -0.05) is 0 Å². The van der Waals surface area contributed by atoms with Crippen LogP contribution < -0.4 is 5.73 Å². The maximum Gasteiger partial charge on any atom is 0.232 e. The Morgan fingerprint density at radius 1 is 1.45 bits per heavy atom. The van der Waals surface area contributed by atoms with Crippen LogP contribution in [0.5, 0.6) is 0 Å². The predicted octanol–water partition coefficient (Wildman–Crippen LogP) is 1.85. The molecular weight excluding hydrogens is 178 g/mol. The van der Waals surface area contributed by atoms with Crippen LogP contribution in [0.25, 0.3) is 10.6 Å². The Hall–Kier alpha value is -0.940. The first-order valence-corrected chi connectivity index (χ1v) is 4.69. The Morgan fingerprint density at radius 3 is 2.91 bits per heavy atom. The van der Waals surface area contributed by atoms with E-state index in [2.05, 4.69) is 9.36 Å². The summed E-state index contributed by atoms with van der Waals surface area (Å²) >= 11 is 2.97. The van der Waals surface area contributed by atoms with E-state index in [1.807, 2.05) is 16.8 Å². The summed E-state index contributed by atoms with van der Waals surface area (Å²) in [6.07, 6.45) is 0. The zero-order chi connectivity index (χ0) is 7.68. The molecule has 0 saturated carbocycles. The van der Waals surface area contributed by atoms with Gasteiger partial charge >= 0.3 is 0 Å². The first-order valence-electron chi connectivity index (χ1n) is 2.98. The Labute approximate surface area is 71.7 Å². The van der Waals surface area contributed by atoms with E-state index >= 15 is 0 Å². The molecule has 0 aliphatic heterocycles. The Kier molecular flexibility index (Phi) is 1.59. The van der Waals surface area contributed by atoms with Crippen LogP contribution in [0.3, 0.4) is 0 Å². The fourth-order valence-corrected chi connectivity index (χ4v) is 2.04. The van der Waals surface area contributed by atoms with Gasteiger partial charge in [0.15, 0.2) is 0 Å². The van der Waals surface area contributed by atoms with Crippen molar-refractivity contribution in [1.82, 2.24) is 9.36 Å². The number of anilines is 1. The molecule has 2 N–H and O–H groups in total. The standard InChI is InChI=1S/C6H5N3S2/c7-6-8-5(11-9-6)4-1-2-10-3-4/h1-3H,(H2,7,9). The van der Waals surface area contributed by atoms with Crippen LogP contribution in [-0.2, 0) is 0 Å². The molecule has 2 heterocycles. The van der Waals surface area contributed by atoms with E-state index in [1.165, 1.54) is 11.5 Å². The van der Waals surface area contributed by atoms with Gasteiger partial charge in [-0.15, -0.1) is 0 Å². The second kappa shape index (κ2) is 2.60. The number of nitrogen functional groups attached to an aromatic ring is 1. The van der Waals surface area contributed by atoms with Crippen LogP contribution >= 0.6 is 22.9 Å². The van der Waals surface area contributed by atoms with Crippen LogP contribution in [0, 0.1) is 0 Å². The molecular formula is C6H5N3S2. The lowest BCUT2D eigenvalue weighted by Gasteiger charge is -1.82. The van der Waals surface area contributed by atoms with E-state index in [-0.39, 0.29) is 0 Å². The second-order valence-corrected chi connectivity index (χ2v) is 3.50. The topological polar surface area (TPSA) is 51.8 Å². The Bertz CT molecular complexity index is 338. The largest absolute Gasteiger partial charge is 0.367 e. The number of rotatable bonds is 1. The molecule has 2 rings (SSSR count). The maximum atomic E-state index is 5.38. The van der Waals surface area contributed by atoms with E-state index in [0.29, 0.717) is 5.95 Å². The molecule has 3 nitrogen and oxygen atoms in total. The third-order valence-electron chi connectivity index (χ3n) is 1.21. The number of thiophene rings is 1. The van der Waals surface area contributed by atoms with Gasteiger partial charge in [0.2, 0.25) is 5.95 Å². The normalized spacial score (nSPS) is 10.2. The van der Waals surface area contributed by atoms with Crippen LogP contribution in [0.4, 0.5) is 5.95 Å². The number of hydrogen-bond acceptors (Lipinski definition) is 5. The van der Waals surface area contributed by atoms with Gasteiger partial charge in [0, 0.05) is 10.9 Å². The number of hydrogen-bond donors (Lipinski definition) is 1. The molecule has 5 heteroatoms. The number of nitrogens with zero attached hydrogens (tertiary/aromatic N) is 2. The van der Waals surface area contributed by atoms with E-state index in [4.69, 9.17) is 5.73 Å². The van der Waals surface area contributed by atoms with Crippen molar-refractivity contribution < 1.29 is 0 Å². The summed E-state index contributed by atoms with van der Waals surface area (Å²) in [6, 6.07) is 2.00. The third kappa shape index (κ3) is 1.24. The van der Waals surface area contributed by atoms with Gasteiger partial charge in [0.25, 0.3) is 0 Å². The Balaban J connectivity index is 2.45. The van der Waals surface area contributed by atoms with E-state index in [1.54, 1.807) is 11.3 Å². The molecule has 0 saturated heterocycles. The summed E-state index contributed by atoms with van der Waals surface area (Å²) in [5.74, 6) is 0.358. The molecule has 0 amide bonds. The number of nitrogens with two attached hydrogens (primary N) is 1. The summed E-state index contributed by atoms with van der Waals surface area (Å²) in [6.45, 7) is 0. The average molecular weight is 183 g/mol. The lowest BCUT2D eigenvalue weighted by atomic mass is 10.4. The molecule has 11 heavy (non-hydrogen) atoms. The van der Waals surface area contributed by atoms with E-state index < -0.39 is 0 Å².